The minimum atomic E-state index is -0.525. The van der Waals surface area contributed by atoms with E-state index in [1.54, 1.807) is 48.2 Å². The lowest BCUT2D eigenvalue weighted by Crippen LogP contribution is -2.21. The maximum Gasteiger partial charge on any atom is 0.309 e. The third kappa shape index (κ3) is 7.15. The second kappa shape index (κ2) is 10.4. The van der Waals surface area contributed by atoms with Gasteiger partial charge in [0.25, 0.3) is 5.91 Å². The first-order valence-corrected chi connectivity index (χ1v) is 9.53. The van der Waals surface area contributed by atoms with Gasteiger partial charge in [-0.2, -0.15) is 0 Å². The number of Topliss-reactive ketones (excluding diaryl/α,β-unsaturated/α-hetero) is 1. The van der Waals surface area contributed by atoms with Gasteiger partial charge in [-0.25, -0.2) is 0 Å². The lowest BCUT2D eigenvalue weighted by Gasteiger charge is -2.08. The molecule has 1 amide bonds. The average Bonchev–Trinajstić information content (AvgIpc) is 2.67. The number of hydrogen-bond donors (Lipinski definition) is 1. The van der Waals surface area contributed by atoms with Crippen LogP contribution < -0.4 is 10.1 Å². The van der Waals surface area contributed by atoms with Crippen LogP contribution in [0.4, 0.5) is 5.69 Å². The Hall–Kier alpha value is -2.80. The quantitative estimate of drug-likeness (QED) is 0.402. The van der Waals surface area contributed by atoms with Crippen molar-refractivity contribution in [3.05, 3.63) is 54.1 Å². The Kier molecular flexibility index (Phi) is 7.88. The monoisotopic (exact) mass is 387 g/mol. The summed E-state index contributed by atoms with van der Waals surface area (Å²) < 4.78 is 10.4. The molecular formula is C20H21NO5S. The van der Waals surface area contributed by atoms with Crippen molar-refractivity contribution >= 4 is 35.1 Å². The zero-order chi connectivity index (χ0) is 19.6. The summed E-state index contributed by atoms with van der Waals surface area (Å²) in [6.45, 7) is 1.26. The first-order valence-electron chi connectivity index (χ1n) is 8.31. The number of amides is 1. The summed E-state index contributed by atoms with van der Waals surface area (Å²) in [5.74, 6) is -0.396. The summed E-state index contributed by atoms with van der Waals surface area (Å²) >= 11 is 1.61. The molecule has 0 atom stereocenters. The zero-order valence-corrected chi connectivity index (χ0v) is 16.0. The van der Waals surface area contributed by atoms with Gasteiger partial charge in [0.2, 0.25) is 0 Å². The van der Waals surface area contributed by atoms with Gasteiger partial charge < -0.3 is 14.8 Å². The molecule has 0 unspecified atom stereocenters. The maximum atomic E-state index is 11.8. The number of nitrogens with one attached hydrogen (secondary N) is 1. The van der Waals surface area contributed by atoms with Crippen LogP contribution in [0, 0.1) is 0 Å². The van der Waals surface area contributed by atoms with Crippen molar-refractivity contribution in [3.8, 4) is 5.75 Å². The molecule has 0 saturated heterocycles. The highest BCUT2D eigenvalue weighted by atomic mass is 32.2. The fraction of sp³-hybridized carbons (Fsp3) is 0.250. The van der Waals surface area contributed by atoms with E-state index in [-0.39, 0.29) is 25.4 Å². The van der Waals surface area contributed by atoms with Crippen LogP contribution >= 0.6 is 11.8 Å². The van der Waals surface area contributed by atoms with Gasteiger partial charge in [0.1, 0.15) is 5.75 Å². The molecule has 0 spiro atoms. The largest absolute Gasteiger partial charge is 0.493 e. The predicted molar refractivity (Wildman–Crippen MR) is 104 cm³/mol. The summed E-state index contributed by atoms with van der Waals surface area (Å²) in [4.78, 5) is 35.8. The Morgan fingerprint density at radius 2 is 1.67 bits per heavy atom. The molecule has 0 aliphatic carbocycles. The third-order valence-electron chi connectivity index (χ3n) is 3.57. The predicted octanol–water partition coefficient (Wildman–Crippen LogP) is 3.56. The van der Waals surface area contributed by atoms with E-state index in [1.807, 2.05) is 18.4 Å². The molecular weight excluding hydrogens is 366 g/mol. The van der Waals surface area contributed by atoms with Gasteiger partial charge in [0, 0.05) is 16.1 Å². The highest BCUT2D eigenvalue weighted by Crippen LogP contribution is 2.17. The molecule has 1 N–H and O–H groups in total. The standard InChI is InChI=1S/C20H21NO5S/c1-14(22)15-3-7-17(8-4-15)25-12-11-20(24)26-13-19(23)21-16-5-9-18(27-2)10-6-16/h3-10H,11-13H2,1-2H3,(H,21,23). The number of rotatable bonds is 9. The Bertz CT molecular complexity index is 787. The van der Waals surface area contributed by atoms with Gasteiger partial charge in [-0.15, -0.1) is 11.8 Å². The Labute approximate surface area is 162 Å². The van der Waals surface area contributed by atoms with Crippen molar-refractivity contribution in [2.45, 2.75) is 18.2 Å². The van der Waals surface area contributed by atoms with Crippen LogP contribution in [-0.4, -0.2) is 37.1 Å². The fourth-order valence-corrected chi connectivity index (χ4v) is 2.54. The molecule has 0 aliphatic rings. The summed E-state index contributed by atoms with van der Waals surface area (Å²) in [6.07, 6.45) is 1.99. The third-order valence-corrected chi connectivity index (χ3v) is 4.32. The van der Waals surface area contributed by atoms with Gasteiger partial charge in [-0.1, -0.05) is 0 Å². The van der Waals surface area contributed by atoms with E-state index in [1.165, 1.54) is 6.92 Å². The van der Waals surface area contributed by atoms with Crippen LogP contribution in [0.15, 0.2) is 53.4 Å². The summed E-state index contributed by atoms with van der Waals surface area (Å²) in [7, 11) is 0. The molecule has 0 aliphatic heterocycles. The van der Waals surface area contributed by atoms with E-state index in [0.29, 0.717) is 17.0 Å². The molecule has 0 aromatic heterocycles. The topological polar surface area (TPSA) is 81.7 Å². The van der Waals surface area contributed by atoms with Crippen LogP contribution in [-0.2, 0) is 14.3 Å². The Morgan fingerprint density at radius 1 is 1.00 bits per heavy atom. The lowest BCUT2D eigenvalue weighted by molar-refractivity contribution is -0.147. The molecule has 6 nitrogen and oxygen atoms in total. The Balaban J connectivity index is 1.66. The van der Waals surface area contributed by atoms with E-state index in [9.17, 15) is 14.4 Å². The van der Waals surface area contributed by atoms with E-state index in [2.05, 4.69) is 5.32 Å². The van der Waals surface area contributed by atoms with Gasteiger partial charge in [0.05, 0.1) is 13.0 Å². The van der Waals surface area contributed by atoms with Crippen molar-refractivity contribution in [2.24, 2.45) is 0 Å². The number of anilines is 1. The summed E-state index contributed by atoms with van der Waals surface area (Å²) in [6, 6.07) is 14.0. The molecule has 7 heteroatoms. The normalized spacial score (nSPS) is 10.1. The fourth-order valence-electron chi connectivity index (χ4n) is 2.13. The van der Waals surface area contributed by atoms with Crippen LogP contribution in [0.25, 0.3) is 0 Å². The molecule has 0 saturated carbocycles. The average molecular weight is 387 g/mol. The van der Waals surface area contributed by atoms with Gasteiger partial charge in [-0.3, -0.25) is 14.4 Å². The van der Waals surface area contributed by atoms with Gasteiger partial charge in [0.15, 0.2) is 12.4 Å². The Morgan fingerprint density at radius 3 is 2.26 bits per heavy atom. The van der Waals surface area contributed by atoms with Crippen LogP contribution in [0.1, 0.15) is 23.7 Å². The van der Waals surface area contributed by atoms with Crippen LogP contribution in [0.5, 0.6) is 5.75 Å². The number of esters is 1. The highest BCUT2D eigenvalue weighted by Gasteiger charge is 2.09. The molecule has 0 radical (unpaired) electrons. The van der Waals surface area contributed by atoms with Crippen molar-refractivity contribution in [1.29, 1.82) is 0 Å². The highest BCUT2D eigenvalue weighted by molar-refractivity contribution is 7.98. The first kappa shape index (κ1) is 20.5. The molecule has 27 heavy (non-hydrogen) atoms. The van der Waals surface area contributed by atoms with Gasteiger partial charge >= 0.3 is 5.97 Å². The number of thioether (sulfide) groups is 1. The van der Waals surface area contributed by atoms with E-state index in [0.717, 1.165) is 4.90 Å². The van der Waals surface area contributed by atoms with Crippen LogP contribution in [0.2, 0.25) is 0 Å². The summed E-state index contributed by atoms with van der Waals surface area (Å²) in [5, 5.41) is 2.66. The van der Waals surface area contributed by atoms with E-state index < -0.39 is 11.9 Å². The van der Waals surface area contributed by atoms with Crippen molar-refractivity contribution in [3.63, 3.8) is 0 Å². The minimum absolute atomic E-state index is 0.0180. The van der Waals surface area contributed by atoms with Gasteiger partial charge in [-0.05, 0) is 61.7 Å². The molecule has 0 heterocycles. The molecule has 142 valence electrons. The van der Waals surface area contributed by atoms with E-state index >= 15 is 0 Å². The van der Waals surface area contributed by atoms with Crippen molar-refractivity contribution < 1.29 is 23.9 Å². The molecule has 2 aromatic carbocycles. The molecule has 0 fully saturated rings. The number of carbonyl (C=O) groups excluding carboxylic acids is 3. The SMILES string of the molecule is CSc1ccc(NC(=O)COC(=O)CCOc2ccc(C(C)=O)cc2)cc1. The summed E-state index contributed by atoms with van der Waals surface area (Å²) in [5.41, 5.74) is 1.24. The zero-order valence-electron chi connectivity index (χ0n) is 15.2. The van der Waals surface area contributed by atoms with Crippen molar-refractivity contribution in [1.82, 2.24) is 0 Å². The number of carbonyl (C=O) groups is 3. The second-order valence-electron chi connectivity index (χ2n) is 5.62. The maximum absolute atomic E-state index is 11.8. The molecule has 0 bridgehead atoms. The number of hydrogen-bond acceptors (Lipinski definition) is 6. The smallest absolute Gasteiger partial charge is 0.309 e. The lowest BCUT2D eigenvalue weighted by atomic mass is 10.1. The van der Waals surface area contributed by atoms with E-state index in [4.69, 9.17) is 9.47 Å². The number of ether oxygens (including phenoxy) is 2. The minimum Gasteiger partial charge on any atom is -0.493 e. The second-order valence-corrected chi connectivity index (χ2v) is 6.50. The van der Waals surface area contributed by atoms with Crippen molar-refractivity contribution in [2.75, 3.05) is 24.8 Å². The molecule has 2 aromatic rings. The van der Waals surface area contributed by atoms with Crippen LogP contribution in [0.3, 0.4) is 0 Å². The number of ketones is 1. The number of benzene rings is 2. The molecule has 2 rings (SSSR count). The first-order chi connectivity index (χ1) is 13.0.